The van der Waals surface area contributed by atoms with E-state index in [9.17, 15) is 8.78 Å². The van der Waals surface area contributed by atoms with E-state index in [1.807, 2.05) is 12.1 Å². The summed E-state index contributed by atoms with van der Waals surface area (Å²) in [5, 5.41) is 0. The van der Waals surface area contributed by atoms with Gasteiger partial charge in [0, 0.05) is 17.5 Å². The first-order chi connectivity index (χ1) is 7.68. The number of aryl methyl sites for hydroxylation is 1. The molecular formula is C14H10F2. The van der Waals surface area contributed by atoms with Crippen molar-refractivity contribution < 1.29 is 8.78 Å². The van der Waals surface area contributed by atoms with E-state index in [2.05, 4.69) is 0 Å². The van der Waals surface area contributed by atoms with Gasteiger partial charge in [0.1, 0.15) is 11.6 Å². The van der Waals surface area contributed by atoms with Crippen LogP contribution in [0.2, 0.25) is 0 Å². The molecule has 3 rings (SSSR count). The van der Waals surface area contributed by atoms with Crippen LogP contribution in [0.4, 0.5) is 8.78 Å². The molecule has 0 aliphatic heterocycles. The molecule has 16 heavy (non-hydrogen) atoms. The van der Waals surface area contributed by atoms with E-state index in [-0.39, 0.29) is 11.6 Å². The van der Waals surface area contributed by atoms with Crippen LogP contribution in [-0.4, -0.2) is 0 Å². The van der Waals surface area contributed by atoms with Crippen LogP contribution >= 0.6 is 0 Å². The molecule has 0 nitrogen and oxygen atoms in total. The summed E-state index contributed by atoms with van der Waals surface area (Å²) in [6.45, 7) is 1.73. The minimum absolute atomic E-state index is 0.201. The molecule has 0 saturated carbocycles. The molecular weight excluding hydrogens is 206 g/mol. The summed E-state index contributed by atoms with van der Waals surface area (Å²) < 4.78 is 27.4. The summed E-state index contributed by atoms with van der Waals surface area (Å²) in [7, 11) is 0. The maximum Gasteiger partial charge on any atom is 0.130 e. The number of fused-ring (bicyclic) bond motifs is 3. The second-order valence-corrected chi connectivity index (χ2v) is 4.17. The summed E-state index contributed by atoms with van der Waals surface area (Å²) in [6, 6.07) is 8.56. The number of rotatable bonds is 0. The molecule has 0 fully saturated rings. The minimum atomic E-state index is -0.245. The zero-order valence-corrected chi connectivity index (χ0v) is 8.85. The Balaban J connectivity index is 2.32. The molecule has 0 unspecified atom stereocenters. The van der Waals surface area contributed by atoms with Gasteiger partial charge in [-0.15, -0.1) is 0 Å². The number of benzene rings is 2. The summed E-state index contributed by atoms with van der Waals surface area (Å²) in [6.07, 6.45) is 0.366. The van der Waals surface area contributed by atoms with Gasteiger partial charge in [0.05, 0.1) is 0 Å². The Labute approximate surface area is 92.5 Å². The monoisotopic (exact) mass is 216 g/mol. The van der Waals surface area contributed by atoms with Crippen LogP contribution in [0.5, 0.6) is 0 Å². The van der Waals surface area contributed by atoms with Crippen LogP contribution in [0, 0.1) is 18.6 Å². The van der Waals surface area contributed by atoms with Gasteiger partial charge in [-0.3, -0.25) is 0 Å². The van der Waals surface area contributed by atoms with E-state index < -0.39 is 0 Å². The largest absolute Gasteiger partial charge is 0.207 e. The smallest absolute Gasteiger partial charge is 0.130 e. The van der Waals surface area contributed by atoms with Gasteiger partial charge >= 0.3 is 0 Å². The van der Waals surface area contributed by atoms with E-state index in [1.165, 1.54) is 6.07 Å². The van der Waals surface area contributed by atoms with Crippen LogP contribution in [0.25, 0.3) is 11.1 Å². The molecule has 0 aromatic heterocycles. The van der Waals surface area contributed by atoms with Gasteiger partial charge in [0.2, 0.25) is 0 Å². The van der Waals surface area contributed by atoms with E-state index in [4.69, 9.17) is 0 Å². The van der Waals surface area contributed by atoms with Crippen LogP contribution in [0.3, 0.4) is 0 Å². The van der Waals surface area contributed by atoms with Crippen LogP contribution in [0.15, 0.2) is 30.3 Å². The Morgan fingerprint density at radius 2 is 1.69 bits per heavy atom. The highest BCUT2D eigenvalue weighted by Gasteiger charge is 2.24. The van der Waals surface area contributed by atoms with Crippen LogP contribution < -0.4 is 0 Å². The minimum Gasteiger partial charge on any atom is -0.207 e. The molecule has 0 bridgehead atoms. The van der Waals surface area contributed by atoms with Crippen molar-refractivity contribution in [2.45, 2.75) is 13.3 Å². The highest BCUT2D eigenvalue weighted by molar-refractivity contribution is 5.77. The van der Waals surface area contributed by atoms with E-state index >= 15 is 0 Å². The lowest BCUT2D eigenvalue weighted by molar-refractivity contribution is 0.599. The Morgan fingerprint density at radius 1 is 0.938 bits per heavy atom. The molecule has 1 aliphatic carbocycles. The van der Waals surface area contributed by atoms with Crippen molar-refractivity contribution in [3.05, 3.63) is 58.7 Å². The molecule has 0 spiro atoms. The Bertz CT molecular complexity index is 586. The zero-order chi connectivity index (χ0) is 11.3. The molecule has 0 heterocycles. The summed E-state index contributed by atoms with van der Waals surface area (Å²) >= 11 is 0. The highest BCUT2D eigenvalue weighted by atomic mass is 19.1. The fourth-order valence-electron chi connectivity index (χ4n) is 2.33. The topological polar surface area (TPSA) is 0 Å². The van der Waals surface area contributed by atoms with Gasteiger partial charge in [0.15, 0.2) is 0 Å². The van der Waals surface area contributed by atoms with Gasteiger partial charge in [0.25, 0.3) is 0 Å². The molecule has 0 saturated heterocycles. The maximum atomic E-state index is 13.9. The molecule has 2 aromatic carbocycles. The van der Waals surface area contributed by atoms with E-state index in [0.29, 0.717) is 23.1 Å². The predicted molar refractivity (Wildman–Crippen MR) is 59.3 cm³/mol. The van der Waals surface area contributed by atoms with Crippen LogP contribution in [0.1, 0.15) is 16.7 Å². The maximum absolute atomic E-state index is 13.9. The van der Waals surface area contributed by atoms with Crippen molar-refractivity contribution >= 4 is 0 Å². The average molecular weight is 216 g/mol. The molecule has 80 valence electrons. The number of halogens is 2. The van der Waals surface area contributed by atoms with Gasteiger partial charge in [-0.1, -0.05) is 24.3 Å². The van der Waals surface area contributed by atoms with Gasteiger partial charge < -0.3 is 0 Å². The first-order valence-electron chi connectivity index (χ1n) is 5.24. The molecule has 0 amide bonds. The average Bonchev–Trinajstić information content (AvgIpc) is 2.65. The molecule has 1 aliphatic rings. The van der Waals surface area contributed by atoms with Crippen molar-refractivity contribution in [1.29, 1.82) is 0 Å². The first kappa shape index (κ1) is 9.52. The molecule has 0 atom stereocenters. The Hall–Kier alpha value is -1.70. The second kappa shape index (κ2) is 3.14. The van der Waals surface area contributed by atoms with Gasteiger partial charge in [-0.05, 0) is 29.7 Å². The zero-order valence-electron chi connectivity index (χ0n) is 8.85. The van der Waals surface area contributed by atoms with E-state index in [1.54, 1.807) is 19.1 Å². The second-order valence-electron chi connectivity index (χ2n) is 4.17. The van der Waals surface area contributed by atoms with Crippen molar-refractivity contribution in [1.82, 2.24) is 0 Å². The summed E-state index contributed by atoms with van der Waals surface area (Å²) in [4.78, 5) is 0. The number of hydrogen-bond donors (Lipinski definition) is 0. The Kier molecular flexibility index (Phi) is 1.87. The van der Waals surface area contributed by atoms with Crippen molar-refractivity contribution in [2.24, 2.45) is 0 Å². The highest BCUT2D eigenvalue weighted by Crippen LogP contribution is 2.39. The third-order valence-corrected chi connectivity index (χ3v) is 3.20. The van der Waals surface area contributed by atoms with Crippen molar-refractivity contribution in [3.63, 3.8) is 0 Å². The van der Waals surface area contributed by atoms with Gasteiger partial charge in [-0.25, -0.2) is 8.78 Å². The predicted octanol–water partition coefficient (Wildman–Crippen LogP) is 3.84. The van der Waals surface area contributed by atoms with Crippen molar-refractivity contribution in [2.75, 3.05) is 0 Å². The Morgan fingerprint density at radius 3 is 2.50 bits per heavy atom. The summed E-state index contributed by atoms with van der Waals surface area (Å²) in [5.74, 6) is -0.446. The molecule has 2 heteroatoms. The fraction of sp³-hybridized carbons (Fsp3) is 0.143. The van der Waals surface area contributed by atoms with Crippen molar-refractivity contribution in [3.8, 4) is 11.1 Å². The summed E-state index contributed by atoms with van der Waals surface area (Å²) in [5.41, 5.74) is 3.51. The van der Waals surface area contributed by atoms with E-state index in [0.717, 1.165) is 11.1 Å². The number of hydrogen-bond acceptors (Lipinski definition) is 0. The lowest BCUT2D eigenvalue weighted by Crippen LogP contribution is -1.91. The molecule has 2 aromatic rings. The first-order valence-corrected chi connectivity index (χ1v) is 5.24. The van der Waals surface area contributed by atoms with Gasteiger partial charge in [-0.2, -0.15) is 0 Å². The third-order valence-electron chi connectivity index (χ3n) is 3.20. The van der Waals surface area contributed by atoms with Crippen LogP contribution in [-0.2, 0) is 6.42 Å². The SMILES string of the molecule is Cc1ccc2c(c1F)Cc1c(F)cccc1-2. The standard InChI is InChI=1S/C14H10F2/c1-8-5-6-10-9-3-2-4-13(15)11(9)7-12(10)14(8)16/h2-6H,7H2,1H3. The lowest BCUT2D eigenvalue weighted by atomic mass is 10.0. The third kappa shape index (κ3) is 1.13. The normalized spacial score (nSPS) is 12.4. The fourth-order valence-corrected chi connectivity index (χ4v) is 2.33. The lowest BCUT2D eigenvalue weighted by Gasteiger charge is -2.03. The molecule has 0 N–H and O–H groups in total. The quantitative estimate of drug-likeness (QED) is 0.535. The molecule has 0 radical (unpaired) electrons.